The third kappa shape index (κ3) is 3.87. The number of piperidine rings is 1. The molecule has 1 fully saturated rings. The Morgan fingerprint density at radius 2 is 2.28 bits per heavy atom. The summed E-state index contributed by atoms with van der Waals surface area (Å²) in [6, 6.07) is 3.83. The van der Waals surface area contributed by atoms with Gasteiger partial charge in [-0.25, -0.2) is 14.4 Å². The van der Waals surface area contributed by atoms with E-state index >= 15 is 0 Å². The fraction of sp³-hybridized carbons (Fsp3) is 0.400. The van der Waals surface area contributed by atoms with Crippen LogP contribution < -0.4 is 10.6 Å². The maximum absolute atomic E-state index is 13.7. The van der Waals surface area contributed by atoms with Gasteiger partial charge < -0.3 is 15.5 Å². The van der Waals surface area contributed by atoms with E-state index in [1.165, 1.54) is 17.5 Å². The zero-order valence-electron chi connectivity index (χ0n) is 16.2. The lowest BCUT2D eigenvalue weighted by atomic mass is 10.1. The topological polar surface area (TPSA) is 87.7 Å². The van der Waals surface area contributed by atoms with Gasteiger partial charge in [-0.2, -0.15) is 0 Å². The maximum Gasteiger partial charge on any atom is 0.270 e. The monoisotopic (exact) mass is 414 g/mol. The van der Waals surface area contributed by atoms with Gasteiger partial charge in [0.2, 0.25) is 0 Å². The van der Waals surface area contributed by atoms with Gasteiger partial charge >= 0.3 is 0 Å². The van der Waals surface area contributed by atoms with Crippen molar-refractivity contribution in [2.75, 3.05) is 31.6 Å². The van der Waals surface area contributed by atoms with Gasteiger partial charge in [-0.1, -0.05) is 0 Å². The molecular weight excluding hydrogens is 391 g/mol. The number of aromatic nitrogens is 2. The Morgan fingerprint density at radius 3 is 2.97 bits per heavy atom. The van der Waals surface area contributed by atoms with Crippen LogP contribution in [0.1, 0.15) is 28.2 Å². The number of hydrogen-bond acceptors (Lipinski definition) is 7. The summed E-state index contributed by atoms with van der Waals surface area (Å²) in [5.74, 6) is 0.662. The second kappa shape index (κ2) is 8.28. The number of fused-ring (bicyclic) bond motifs is 1. The Hall–Kier alpha value is -2.81. The molecule has 0 aromatic carbocycles. The molecule has 7 nitrogen and oxygen atoms in total. The Bertz CT molecular complexity index is 954. The Balaban J connectivity index is 1.55. The zero-order valence-corrected chi connectivity index (χ0v) is 17.0. The number of nitrogens with zero attached hydrogens (tertiary/aromatic N) is 5. The number of amides is 1. The molecule has 2 aromatic heterocycles. The predicted molar refractivity (Wildman–Crippen MR) is 113 cm³/mol. The molecule has 2 aliphatic rings. The Kier molecular flexibility index (Phi) is 5.57. The largest absolute Gasteiger partial charge is 0.403 e. The highest BCUT2D eigenvalue weighted by Gasteiger charge is 2.30. The third-order valence-corrected chi connectivity index (χ3v) is 6.27. The summed E-state index contributed by atoms with van der Waals surface area (Å²) in [5.41, 5.74) is 7.89. The molecule has 1 amide bonds. The van der Waals surface area contributed by atoms with Gasteiger partial charge in [0.1, 0.15) is 21.9 Å². The first-order chi connectivity index (χ1) is 14.1. The number of aliphatic imine (C=N–C) groups is 1. The molecule has 2 N–H and O–H groups in total. The van der Waals surface area contributed by atoms with E-state index in [9.17, 15) is 9.18 Å². The van der Waals surface area contributed by atoms with Crippen LogP contribution in [-0.2, 0) is 6.42 Å². The van der Waals surface area contributed by atoms with Gasteiger partial charge in [-0.15, -0.1) is 11.3 Å². The average Bonchev–Trinajstić information content (AvgIpc) is 3.18. The van der Waals surface area contributed by atoms with Crippen molar-refractivity contribution >= 4 is 29.3 Å². The second-order valence-corrected chi connectivity index (χ2v) is 8.07. The van der Waals surface area contributed by atoms with Crippen molar-refractivity contribution in [3.8, 4) is 10.6 Å². The maximum atomic E-state index is 13.7. The molecule has 0 bridgehead atoms. The van der Waals surface area contributed by atoms with Gasteiger partial charge in [0.05, 0.1) is 17.9 Å². The quantitative estimate of drug-likeness (QED) is 0.777. The van der Waals surface area contributed by atoms with E-state index in [0.717, 1.165) is 35.0 Å². The summed E-state index contributed by atoms with van der Waals surface area (Å²) in [6.45, 7) is 1.72. The molecule has 2 aromatic rings. The standard InChI is InChI=1S/C20H23FN6OS/c1-23-11-15(9-22)27-8-6-16-18(20(27)28)29-19(25-16)13-4-5-17(24-10-13)26-7-2-3-14(21)12-26/h4-5,9-11,14H,2-3,6-8,12,22H2,1H3/b15-9+,23-11?/t14-/m1/s1. The van der Waals surface area contributed by atoms with Crippen molar-refractivity contribution in [2.24, 2.45) is 10.7 Å². The first-order valence-electron chi connectivity index (χ1n) is 9.61. The van der Waals surface area contributed by atoms with Gasteiger partial charge in [-0.05, 0) is 25.0 Å². The SMILES string of the molecule is CN=C/C(=C\N)N1CCc2nc(-c3ccc(N4CCC[C@@H](F)C4)nc3)sc2C1=O. The molecule has 2 aliphatic heterocycles. The van der Waals surface area contributed by atoms with Crippen molar-refractivity contribution in [1.29, 1.82) is 0 Å². The fourth-order valence-corrected chi connectivity index (χ4v) is 4.72. The number of allylic oxidation sites excluding steroid dienone is 1. The summed E-state index contributed by atoms with van der Waals surface area (Å²) in [5, 5.41) is 0.758. The van der Waals surface area contributed by atoms with Crippen LogP contribution in [0.15, 0.2) is 35.2 Å². The van der Waals surface area contributed by atoms with E-state index in [4.69, 9.17) is 5.73 Å². The highest BCUT2D eigenvalue weighted by molar-refractivity contribution is 7.17. The molecular formula is C20H23FN6OS. The number of carbonyl (C=O) groups is 1. The Labute approximate surface area is 172 Å². The number of hydrogen-bond donors (Lipinski definition) is 1. The first-order valence-corrected chi connectivity index (χ1v) is 10.4. The van der Waals surface area contributed by atoms with Crippen LogP contribution in [0.4, 0.5) is 10.2 Å². The van der Waals surface area contributed by atoms with Gasteiger partial charge in [0, 0.05) is 50.7 Å². The van der Waals surface area contributed by atoms with E-state index in [2.05, 4.69) is 15.0 Å². The van der Waals surface area contributed by atoms with Crippen LogP contribution >= 0.6 is 11.3 Å². The number of halogens is 1. The normalized spacial score (nSPS) is 20.4. The van der Waals surface area contributed by atoms with E-state index < -0.39 is 6.17 Å². The minimum Gasteiger partial charge on any atom is -0.403 e. The molecule has 0 aliphatic carbocycles. The van der Waals surface area contributed by atoms with Crippen LogP contribution in [0.25, 0.3) is 10.6 Å². The number of thiazole rings is 1. The van der Waals surface area contributed by atoms with Gasteiger partial charge in [0.25, 0.3) is 5.91 Å². The number of pyridine rings is 1. The van der Waals surface area contributed by atoms with E-state index in [-0.39, 0.29) is 5.91 Å². The fourth-order valence-electron chi connectivity index (χ4n) is 3.67. The van der Waals surface area contributed by atoms with Gasteiger partial charge in [0.15, 0.2) is 0 Å². The molecule has 29 heavy (non-hydrogen) atoms. The van der Waals surface area contributed by atoms with Crippen molar-refractivity contribution < 1.29 is 9.18 Å². The van der Waals surface area contributed by atoms with Crippen molar-refractivity contribution in [3.05, 3.63) is 40.8 Å². The number of carbonyl (C=O) groups excluding carboxylic acids is 1. The van der Waals surface area contributed by atoms with E-state index in [0.29, 0.717) is 36.5 Å². The molecule has 9 heteroatoms. The van der Waals surface area contributed by atoms with E-state index in [1.54, 1.807) is 24.4 Å². The summed E-state index contributed by atoms with van der Waals surface area (Å²) in [7, 11) is 1.64. The van der Waals surface area contributed by atoms with Gasteiger partial charge in [-0.3, -0.25) is 9.79 Å². The van der Waals surface area contributed by atoms with Crippen LogP contribution in [0.3, 0.4) is 0 Å². The smallest absolute Gasteiger partial charge is 0.270 e. The molecule has 152 valence electrons. The Morgan fingerprint density at radius 1 is 1.41 bits per heavy atom. The number of nitrogens with two attached hydrogens (primary N) is 1. The predicted octanol–water partition coefficient (Wildman–Crippen LogP) is 2.64. The second-order valence-electron chi connectivity index (χ2n) is 7.07. The molecule has 0 spiro atoms. The molecule has 1 atom stereocenters. The van der Waals surface area contributed by atoms with Crippen LogP contribution in [0, 0.1) is 0 Å². The zero-order chi connectivity index (χ0) is 20.4. The molecule has 0 unspecified atom stereocenters. The summed E-state index contributed by atoms with van der Waals surface area (Å²) in [4.78, 5) is 30.3. The highest BCUT2D eigenvalue weighted by atomic mass is 32.1. The number of anilines is 1. The molecule has 1 saturated heterocycles. The van der Waals surface area contributed by atoms with Crippen molar-refractivity contribution in [3.63, 3.8) is 0 Å². The minimum atomic E-state index is -0.796. The van der Waals surface area contributed by atoms with Crippen LogP contribution in [0.5, 0.6) is 0 Å². The van der Waals surface area contributed by atoms with Crippen molar-refractivity contribution in [2.45, 2.75) is 25.4 Å². The first kappa shape index (κ1) is 19.5. The molecule has 0 saturated carbocycles. The summed E-state index contributed by atoms with van der Waals surface area (Å²) in [6.07, 6.45) is 6.04. The molecule has 0 radical (unpaired) electrons. The lowest BCUT2D eigenvalue weighted by Gasteiger charge is -2.29. The van der Waals surface area contributed by atoms with E-state index in [1.807, 2.05) is 17.0 Å². The third-order valence-electron chi connectivity index (χ3n) is 5.14. The average molecular weight is 415 g/mol. The highest BCUT2D eigenvalue weighted by Crippen LogP contribution is 2.33. The van der Waals surface area contributed by atoms with Crippen molar-refractivity contribution in [1.82, 2.24) is 14.9 Å². The number of rotatable bonds is 4. The molecule has 4 heterocycles. The van der Waals surface area contributed by atoms with Crippen LogP contribution in [0.2, 0.25) is 0 Å². The minimum absolute atomic E-state index is 0.113. The summed E-state index contributed by atoms with van der Waals surface area (Å²) >= 11 is 1.36. The summed E-state index contributed by atoms with van der Waals surface area (Å²) < 4.78 is 13.7. The number of alkyl halides is 1. The van der Waals surface area contributed by atoms with Crippen LogP contribution in [-0.4, -0.2) is 59.8 Å². The lowest BCUT2D eigenvalue weighted by Crippen LogP contribution is -2.37. The lowest BCUT2D eigenvalue weighted by molar-refractivity contribution is 0.0805. The molecule has 4 rings (SSSR count).